The summed E-state index contributed by atoms with van der Waals surface area (Å²) < 4.78 is 19.1. The molecule has 0 aliphatic carbocycles. The van der Waals surface area contributed by atoms with Gasteiger partial charge in [0.2, 0.25) is 5.91 Å². The van der Waals surface area contributed by atoms with Gasteiger partial charge in [-0.1, -0.05) is 36.4 Å². The second-order valence-electron chi connectivity index (χ2n) is 8.13. The van der Waals surface area contributed by atoms with E-state index in [1.165, 1.54) is 19.2 Å². The molecule has 1 aliphatic rings. The van der Waals surface area contributed by atoms with E-state index in [0.717, 1.165) is 21.9 Å². The molecular weight excluding hydrogens is 407 g/mol. The summed E-state index contributed by atoms with van der Waals surface area (Å²) in [5, 5.41) is 11.4. The molecule has 1 unspecified atom stereocenters. The quantitative estimate of drug-likeness (QED) is 0.647. The van der Waals surface area contributed by atoms with Crippen molar-refractivity contribution in [1.29, 1.82) is 5.26 Å². The van der Waals surface area contributed by atoms with E-state index < -0.39 is 6.04 Å². The Labute approximate surface area is 186 Å². The molecule has 4 rings (SSSR count). The molecule has 7 heteroatoms. The maximum absolute atomic E-state index is 13.6. The highest BCUT2D eigenvalue weighted by Crippen LogP contribution is 2.34. The molecule has 164 valence electrons. The Balaban J connectivity index is 1.70. The fraction of sp³-hybridized carbons (Fsp3) is 0.280. The molecule has 0 spiro atoms. The molecule has 2 N–H and O–H groups in total. The molecule has 1 atom stereocenters. The van der Waals surface area contributed by atoms with Crippen LogP contribution in [-0.4, -0.2) is 49.0 Å². The van der Waals surface area contributed by atoms with E-state index in [9.17, 15) is 14.4 Å². The minimum absolute atomic E-state index is 0.0207. The number of fused-ring (bicyclic) bond motifs is 1. The number of nitrogens with zero attached hydrogens (tertiary/aromatic N) is 3. The second-order valence-corrected chi connectivity index (χ2v) is 8.13. The predicted octanol–water partition coefficient (Wildman–Crippen LogP) is 3.20. The molecule has 32 heavy (non-hydrogen) atoms. The zero-order chi connectivity index (χ0) is 22.8. The van der Waals surface area contributed by atoms with Crippen LogP contribution in [0.4, 0.5) is 4.39 Å². The number of hydrogen-bond donors (Lipinski definition) is 1. The van der Waals surface area contributed by atoms with Crippen molar-refractivity contribution in [1.82, 2.24) is 9.80 Å². The van der Waals surface area contributed by atoms with Crippen molar-refractivity contribution >= 4 is 16.7 Å². The van der Waals surface area contributed by atoms with Gasteiger partial charge in [0.25, 0.3) is 0 Å². The average Bonchev–Trinajstić information content (AvgIpc) is 2.78. The smallest absolute Gasteiger partial charge is 0.244 e. The van der Waals surface area contributed by atoms with Gasteiger partial charge in [0.15, 0.2) is 0 Å². The highest BCUT2D eigenvalue weighted by atomic mass is 19.1. The molecule has 0 bridgehead atoms. The first-order chi connectivity index (χ1) is 15.4. The van der Waals surface area contributed by atoms with E-state index in [1.807, 2.05) is 29.2 Å². The maximum Gasteiger partial charge on any atom is 0.244 e. The SMILES string of the molecule is COc1c(C#N)cc2ccccc2c1CN(C)C(=O)C(c1ccc(F)cc1)N1CC(N)C1. The molecule has 1 aliphatic heterocycles. The van der Waals surface area contributed by atoms with E-state index in [0.29, 0.717) is 24.4 Å². The number of nitriles is 1. The number of amides is 1. The van der Waals surface area contributed by atoms with Gasteiger partial charge in [-0.15, -0.1) is 0 Å². The van der Waals surface area contributed by atoms with Gasteiger partial charge < -0.3 is 15.4 Å². The second kappa shape index (κ2) is 8.95. The Bertz CT molecular complexity index is 1180. The molecule has 1 amide bonds. The third-order valence-electron chi connectivity index (χ3n) is 5.92. The van der Waals surface area contributed by atoms with Crippen LogP contribution in [0.2, 0.25) is 0 Å². The number of methoxy groups -OCH3 is 1. The molecule has 3 aromatic carbocycles. The molecule has 1 fully saturated rings. The molecular formula is C25H25FN4O2. The van der Waals surface area contributed by atoms with Crippen molar-refractivity contribution in [2.75, 3.05) is 27.2 Å². The zero-order valence-electron chi connectivity index (χ0n) is 18.1. The van der Waals surface area contributed by atoms with Crippen LogP contribution in [0.15, 0.2) is 54.6 Å². The topological polar surface area (TPSA) is 82.6 Å². The Kier molecular flexibility index (Phi) is 6.08. The van der Waals surface area contributed by atoms with Gasteiger partial charge >= 0.3 is 0 Å². The first-order valence-electron chi connectivity index (χ1n) is 10.4. The highest BCUT2D eigenvalue weighted by molar-refractivity contribution is 5.91. The van der Waals surface area contributed by atoms with E-state index in [2.05, 4.69) is 6.07 Å². The van der Waals surface area contributed by atoms with Crippen molar-refractivity contribution in [2.45, 2.75) is 18.6 Å². The summed E-state index contributed by atoms with van der Waals surface area (Å²) in [7, 11) is 3.25. The lowest BCUT2D eigenvalue weighted by molar-refractivity contribution is -0.138. The number of carbonyl (C=O) groups is 1. The third-order valence-corrected chi connectivity index (χ3v) is 5.92. The van der Waals surface area contributed by atoms with Crippen LogP contribution in [0, 0.1) is 17.1 Å². The maximum atomic E-state index is 13.6. The van der Waals surface area contributed by atoms with Crippen molar-refractivity contribution < 1.29 is 13.9 Å². The van der Waals surface area contributed by atoms with Gasteiger partial charge in [-0.3, -0.25) is 9.69 Å². The summed E-state index contributed by atoms with van der Waals surface area (Å²) in [5.74, 6) is -0.00898. The number of carbonyl (C=O) groups excluding carboxylic acids is 1. The van der Waals surface area contributed by atoms with E-state index >= 15 is 0 Å². The van der Waals surface area contributed by atoms with Crippen LogP contribution in [0.3, 0.4) is 0 Å². The van der Waals surface area contributed by atoms with E-state index in [1.54, 1.807) is 30.1 Å². The lowest BCUT2D eigenvalue weighted by Gasteiger charge is -2.43. The summed E-state index contributed by atoms with van der Waals surface area (Å²) in [6.07, 6.45) is 0. The van der Waals surface area contributed by atoms with Gasteiger partial charge in [0.05, 0.1) is 12.7 Å². The Hall–Kier alpha value is -3.47. The largest absolute Gasteiger partial charge is 0.495 e. The first-order valence-corrected chi connectivity index (χ1v) is 10.4. The van der Waals surface area contributed by atoms with Crippen molar-refractivity contribution in [3.8, 4) is 11.8 Å². The minimum atomic E-state index is -0.559. The molecule has 1 heterocycles. The first kappa shape index (κ1) is 21.8. The molecule has 0 radical (unpaired) electrons. The monoisotopic (exact) mass is 432 g/mol. The highest BCUT2D eigenvalue weighted by Gasteiger charge is 2.37. The predicted molar refractivity (Wildman–Crippen MR) is 120 cm³/mol. The number of halogens is 1. The van der Waals surface area contributed by atoms with Crippen LogP contribution in [0.1, 0.15) is 22.7 Å². The minimum Gasteiger partial charge on any atom is -0.495 e. The van der Waals surface area contributed by atoms with Gasteiger partial charge in [-0.25, -0.2) is 4.39 Å². The molecule has 3 aromatic rings. The summed E-state index contributed by atoms with van der Waals surface area (Å²) in [5.41, 5.74) is 7.88. The van der Waals surface area contributed by atoms with Gasteiger partial charge in [0.1, 0.15) is 23.7 Å². The zero-order valence-corrected chi connectivity index (χ0v) is 18.1. The molecule has 0 saturated carbocycles. The van der Waals surface area contributed by atoms with Crippen molar-refractivity contribution in [2.24, 2.45) is 5.73 Å². The van der Waals surface area contributed by atoms with Gasteiger partial charge in [-0.05, 0) is 34.5 Å². The van der Waals surface area contributed by atoms with Crippen LogP contribution in [-0.2, 0) is 11.3 Å². The third kappa shape index (κ3) is 4.03. The summed E-state index contributed by atoms with van der Waals surface area (Å²) in [6.45, 7) is 1.45. The van der Waals surface area contributed by atoms with Crippen LogP contribution in [0.5, 0.6) is 5.75 Å². The van der Waals surface area contributed by atoms with E-state index in [-0.39, 0.29) is 24.3 Å². The number of ether oxygens (including phenoxy) is 1. The molecule has 0 aromatic heterocycles. The fourth-order valence-corrected chi connectivity index (χ4v) is 4.32. The van der Waals surface area contributed by atoms with Crippen LogP contribution < -0.4 is 10.5 Å². The lowest BCUT2D eigenvalue weighted by Crippen LogP contribution is -2.59. The van der Waals surface area contributed by atoms with Crippen molar-refractivity contribution in [3.63, 3.8) is 0 Å². The Morgan fingerprint density at radius 2 is 1.97 bits per heavy atom. The summed E-state index contributed by atoms with van der Waals surface area (Å²) in [6, 6.07) is 17.2. The molecule has 6 nitrogen and oxygen atoms in total. The van der Waals surface area contributed by atoms with Gasteiger partial charge in [-0.2, -0.15) is 5.26 Å². The number of nitrogens with two attached hydrogens (primary N) is 1. The van der Waals surface area contributed by atoms with Crippen LogP contribution >= 0.6 is 0 Å². The number of rotatable bonds is 6. The number of hydrogen-bond acceptors (Lipinski definition) is 5. The Morgan fingerprint density at radius 1 is 1.28 bits per heavy atom. The van der Waals surface area contributed by atoms with Gasteiger partial charge in [0, 0.05) is 38.3 Å². The standard InChI is InChI=1S/C25H25FN4O2/c1-29(15-22-21-6-4-3-5-17(21)11-18(12-27)24(22)32-2)25(31)23(30-13-20(28)14-30)16-7-9-19(26)10-8-16/h3-11,20,23H,13-15,28H2,1-2H3. The van der Waals surface area contributed by atoms with Crippen molar-refractivity contribution in [3.05, 3.63) is 77.1 Å². The number of likely N-dealkylation sites (N-methyl/N-ethyl adjacent to an activating group) is 1. The fourth-order valence-electron chi connectivity index (χ4n) is 4.32. The van der Waals surface area contributed by atoms with Crippen LogP contribution in [0.25, 0.3) is 10.8 Å². The number of benzene rings is 3. The normalized spacial score (nSPS) is 15.1. The average molecular weight is 432 g/mol. The summed E-state index contributed by atoms with van der Waals surface area (Å²) >= 11 is 0. The Morgan fingerprint density at radius 3 is 2.59 bits per heavy atom. The number of likely N-dealkylation sites (tertiary alicyclic amines) is 1. The van der Waals surface area contributed by atoms with E-state index in [4.69, 9.17) is 10.5 Å². The summed E-state index contributed by atoms with van der Waals surface area (Å²) in [4.78, 5) is 17.2. The lowest BCUT2D eigenvalue weighted by atomic mass is 9.97. The molecule has 1 saturated heterocycles.